The minimum absolute atomic E-state index is 0. The molecular weight excluding hydrogens is 372 g/mol. The Labute approximate surface area is 118 Å². The smallest absolute Gasteiger partial charge is 0.358 e. The first-order chi connectivity index (χ1) is 5.89. The molecule has 0 nitrogen and oxygen atoms in total. The van der Waals surface area contributed by atoms with E-state index in [1.165, 1.54) is 38.5 Å². The van der Waals surface area contributed by atoms with Crippen LogP contribution >= 0.6 is 0 Å². The summed E-state index contributed by atoms with van der Waals surface area (Å²) in [6, 6.07) is 0. The van der Waals surface area contributed by atoms with E-state index in [1.807, 2.05) is 0 Å². The largest absolute Gasteiger partial charge is 3.00 e. The molecule has 0 aromatic heterocycles. The minimum atomic E-state index is 0. The molecule has 98 valence electrons. The summed E-state index contributed by atoms with van der Waals surface area (Å²) >= 11 is 0. The summed E-state index contributed by atoms with van der Waals surface area (Å²) < 4.78 is 0. The molecule has 16 heavy (non-hydrogen) atoms. The summed E-state index contributed by atoms with van der Waals surface area (Å²) in [6.07, 6.45) is 16.9. The molecule has 0 bridgehead atoms. The average Bonchev–Trinajstić information content (AvgIpc) is 2.60. The fourth-order valence-corrected chi connectivity index (χ4v) is 1.67. The summed E-state index contributed by atoms with van der Waals surface area (Å²) in [5.41, 5.74) is 0. The van der Waals surface area contributed by atoms with Crippen molar-refractivity contribution in [2.45, 2.75) is 45.4 Å². The van der Waals surface area contributed by atoms with Gasteiger partial charge in [-0.05, 0) is 18.8 Å². The topological polar surface area (TPSA) is 0 Å². The molecule has 1 heteroatoms. The van der Waals surface area contributed by atoms with E-state index in [0.717, 1.165) is 5.92 Å². The Hall–Kier alpha value is 0.129. The van der Waals surface area contributed by atoms with Gasteiger partial charge in [0.05, 0.1) is 0 Å². The van der Waals surface area contributed by atoms with Gasteiger partial charge < -0.3 is 22.3 Å². The van der Waals surface area contributed by atoms with Crippen molar-refractivity contribution in [2.24, 2.45) is 5.92 Å². The van der Waals surface area contributed by atoms with Crippen molar-refractivity contribution in [3.63, 3.8) is 0 Å². The standard InChI is InChI=1S/C6H12.C6H8.3CH3.Ir/c1-6-4-2-3-5-6;1-2-4-6-5-3-1;;;;/h6H,2-5H2,1H3;1-4H,5-6H2;3*1H3;/q;;3*-1;+3. The zero-order valence-corrected chi connectivity index (χ0v) is 13.9. The molecule has 2 aliphatic carbocycles. The van der Waals surface area contributed by atoms with Crippen LogP contribution in [0.5, 0.6) is 0 Å². The molecule has 1 fully saturated rings. The van der Waals surface area contributed by atoms with E-state index in [2.05, 4.69) is 31.2 Å². The zero-order valence-electron chi connectivity index (χ0n) is 11.5. The van der Waals surface area contributed by atoms with Gasteiger partial charge in [0.2, 0.25) is 0 Å². The van der Waals surface area contributed by atoms with Crippen LogP contribution in [0.15, 0.2) is 24.3 Å². The number of hydrogen-bond donors (Lipinski definition) is 0. The Morgan fingerprint density at radius 1 is 0.812 bits per heavy atom. The molecule has 0 unspecified atom stereocenters. The Morgan fingerprint density at radius 3 is 1.31 bits per heavy atom. The SMILES string of the molecule is C1=CCCC=C1.CC1CCCC1.[CH3-].[CH3-].[CH3-].[Ir+3]. The van der Waals surface area contributed by atoms with Crippen LogP contribution in [0, 0.1) is 28.2 Å². The van der Waals surface area contributed by atoms with Crippen molar-refractivity contribution < 1.29 is 20.1 Å². The molecule has 0 aromatic carbocycles. The number of allylic oxidation sites excluding steroid dienone is 4. The normalized spacial score (nSPS) is 16.6. The molecule has 0 saturated heterocycles. The summed E-state index contributed by atoms with van der Waals surface area (Å²) in [4.78, 5) is 0. The molecular formula is C15H29Ir. The third-order valence-electron chi connectivity index (χ3n) is 2.53. The predicted molar refractivity (Wildman–Crippen MR) is 74.4 cm³/mol. The summed E-state index contributed by atoms with van der Waals surface area (Å²) in [7, 11) is 0. The van der Waals surface area contributed by atoms with Gasteiger partial charge in [-0.15, -0.1) is 0 Å². The van der Waals surface area contributed by atoms with E-state index in [-0.39, 0.29) is 42.4 Å². The summed E-state index contributed by atoms with van der Waals surface area (Å²) in [5, 5.41) is 0. The van der Waals surface area contributed by atoms with Gasteiger partial charge in [0.25, 0.3) is 0 Å². The molecule has 2 rings (SSSR count). The molecule has 0 aromatic rings. The molecule has 0 radical (unpaired) electrons. The third-order valence-corrected chi connectivity index (χ3v) is 2.53. The van der Waals surface area contributed by atoms with E-state index in [9.17, 15) is 0 Å². The second kappa shape index (κ2) is 17.5. The summed E-state index contributed by atoms with van der Waals surface area (Å²) in [5.74, 6) is 1.05. The maximum Gasteiger partial charge on any atom is 3.00 e. The second-order valence-electron chi connectivity index (χ2n) is 3.82. The Morgan fingerprint density at radius 2 is 1.19 bits per heavy atom. The van der Waals surface area contributed by atoms with Gasteiger partial charge in [-0.1, -0.05) is 56.9 Å². The van der Waals surface area contributed by atoms with Gasteiger partial charge >= 0.3 is 20.1 Å². The van der Waals surface area contributed by atoms with Crippen LogP contribution in [0.4, 0.5) is 0 Å². The quantitative estimate of drug-likeness (QED) is 0.474. The van der Waals surface area contributed by atoms with E-state index < -0.39 is 0 Å². The average molecular weight is 402 g/mol. The van der Waals surface area contributed by atoms with E-state index in [1.54, 1.807) is 0 Å². The van der Waals surface area contributed by atoms with Crippen LogP contribution in [0.2, 0.25) is 0 Å². The van der Waals surface area contributed by atoms with Gasteiger partial charge in [0.1, 0.15) is 0 Å². The molecule has 0 spiro atoms. The van der Waals surface area contributed by atoms with Crippen LogP contribution in [0.25, 0.3) is 0 Å². The van der Waals surface area contributed by atoms with Gasteiger partial charge in [0.15, 0.2) is 0 Å². The first-order valence-electron chi connectivity index (χ1n) is 5.21. The molecule has 0 N–H and O–H groups in total. The third kappa shape index (κ3) is 14.1. The van der Waals surface area contributed by atoms with E-state index in [0.29, 0.717) is 0 Å². The van der Waals surface area contributed by atoms with Crippen LogP contribution in [0.3, 0.4) is 0 Å². The van der Waals surface area contributed by atoms with Crippen LogP contribution in [-0.4, -0.2) is 0 Å². The Balaban J connectivity index is -0.0000000720. The first kappa shape index (κ1) is 25.1. The van der Waals surface area contributed by atoms with Crippen LogP contribution in [-0.2, 0) is 20.1 Å². The predicted octanol–water partition coefficient (Wildman–Crippen LogP) is 5.44. The Kier molecular flexibility index (Phi) is 27.5. The van der Waals surface area contributed by atoms with Crippen molar-refractivity contribution in [3.05, 3.63) is 46.6 Å². The molecule has 0 aliphatic heterocycles. The maximum absolute atomic E-state index is 2.34. The second-order valence-corrected chi connectivity index (χ2v) is 3.82. The first-order valence-corrected chi connectivity index (χ1v) is 5.21. The molecule has 2 aliphatic rings. The summed E-state index contributed by atoms with van der Waals surface area (Å²) in [6.45, 7) is 2.34. The fourth-order valence-electron chi connectivity index (χ4n) is 1.67. The molecule has 1 saturated carbocycles. The zero-order chi connectivity index (χ0) is 8.65. The Bertz CT molecular complexity index is 141. The van der Waals surface area contributed by atoms with E-state index >= 15 is 0 Å². The molecule has 0 atom stereocenters. The minimum Gasteiger partial charge on any atom is -0.358 e. The van der Waals surface area contributed by atoms with Crippen LogP contribution in [0.1, 0.15) is 45.4 Å². The number of hydrogen-bond acceptors (Lipinski definition) is 0. The van der Waals surface area contributed by atoms with Crippen molar-refractivity contribution in [1.29, 1.82) is 0 Å². The maximum atomic E-state index is 2.34. The van der Waals surface area contributed by atoms with Gasteiger partial charge in [0, 0.05) is 0 Å². The van der Waals surface area contributed by atoms with Crippen molar-refractivity contribution in [1.82, 2.24) is 0 Å². The van der Waals surface area contributed by atoms with Crippen molar-refractivity contribution in [3.8, 4) is 0 Å². The van der Waals surface area contributed by atoms with E-state index in [4.69, 9.17) is 0 Å². The molecule has 0 heterocycles. The van der Waals surface area contributed by atoms with Gasteiger partial charge in [-0.3, -0.25) is 0 Å². The molecule has 0 amide bonds. The van der Waals surface area contributed by atoms with Crippen molar-refractivity contribution >= 4 is 0 Å². The van der Waals surface area contributed by atoms with Crippen LogP contribution < -0.4 is 0 Å². The fraction of sp³-hybridized carbons (Fsp3) is 0.533. The van der Waals surface area contributed by atoms with Gasteiger partial charge in [-0.25, -0.2) is 0 Å². The number of rotatable bonds is 0. The monoisotopic (exact) mass is 402 g/mol. The van der Waals surface area contributed by atoms with Gasteiger partial charge in [-0.2, -0.15) is 0 Å². The van der Waals surface area contributed by atoms with Crippen molar-refractivity contribution in [2.75, 3.05) is 0 Å².